The summed E-state index contributed by atoms with van der Waals surface area (Å²) in [5, 5.41) is 13.9. The Hall–Kier alpha value is -2.64. The van der Waals surface area contributed by atoms with Gasteiger partial charge in [0, 0.05) is 51.8 Å². The molecule has 8 nitrogen and oxygen atoms in total. The molecular formula is C16H22N4O4. The van der Waals surface area contributed by atoms with Crippen molar-refractivity contribution < 1.29 is 14.5 Å². The molecule has 1 aromatic rings. The Bertz CT molecular complexity index is 645. The second-order valence-electron chi connectivity index (χ2n) is 5.95. The molecule has 1 aliphatic heterocycles. The Balaban J connectivity index is 1.91. The lowest BCUT2D eigenvalue weighted by Crippen LogP contribution is -2.30. The van der Waals surface area contributed by atoms with Gasteiger partial charge in [-0.25, -0.2) is 0 Å². The van der Waals surface area contributed by atoms with E-state index in [1.165, 1.54) is 6.07 Å². The predicted octanol–water partition coefficient (Wildman–Crippen LogP) is 1.40. The van der Waals surface area contributed by atoms with E-state index >= 15 is 0 Å². The molecule has 0 bridgehead atoms. The first-order chi connectivity index (χ1) is 11.4. The molecular weight excluding hydrogens is 312 g/mol. The fourth-order valence-electron chi connectivity index (χ4n) is 2.70. The summed E-state index contributed by atoms with van der Waals surface area (Å²) in [5.41, 5.74) is 0.601. The highest BCUT2D eigenvalue weighted by atomic mass is 16.6. The third-order valence-electron chi connectivity index (χ3n) is 3.98. The summed E-state index contributed by atoms with van der Waals surface area (Å²) in [5.74, 6) is -0.188. The largest absolute Gasteiger partial charge is 0.372 e. The molecule has 0 aromatic heterocycles. The van der Waals surface area contributed by atoms with E-state index in [1.807, 2.05) is 0 Å². The molecule has 0 aliphatic carbocycles. The normalized spacial score (nSPS) is 13.9. The van der Waals surface area contributed by atoms with Gasteiger partial charge < -0.3 is 15.1 Å². The molecule has 8 heteroatoms. The Kier molecular flexibility index (Phi) is 5.73. The first-order valence-electron chi connectivity index (χ1n) is 7.92. The van der Waals surface area contributed by atoms with Crippen molar-refractivity contribution in [1.29, 1.82) is 0 Å². The van der Waals surface area contributed by atoms with Gasteiger partial charge in [-0.3, -0.25) is 19.7 Å². The summed E-state index contributed by atoms with van der Waals surface area (Å²) in [4.78, 5) is 37.7. The van der Waals surface area contributed by atoms with E-state index in [9.17, 15) is 19.7 Å². The molecule has 0 saturated carbocycles. The molecule has 0 spiro atoms. The van der Waals surface area contributed by atoms with Crippen molar-refractivity contribution in [2.75, 3.05) is 38.6 Å². The number of nitrogens with one attached hydrogen (secondary N) is 1. The number of nitro benzene ring substituents is 1. The highest BCUT2D eigenvalue weighted by molar-refractivity contribution is 5.95. The number of carbonyl (C=O) groups is 2. The third-order valence-corrected chi connectivity index (χ3v) is 3.98. The smallest absolute Gasteiger partial charge is 0.293 e. The molecule has 1 saturated heterocycles. The molecule has 0 atom stereocenters. The van der Waals surface area contributed by atoms with Gasteiger partial charge in [0.05, 0.1) is 4.92 Å². The standard InChI is InChI=1S/C16H22N4O4/c1-18(2)13-7-6-12(11-14(13)20(23)24)16(22)17-8-4-10-19-9-3-5-15(19)21/h6-7,11H,3-5,8-10H2,1-2H3,(H,17,22). The van der Waals surface area contributed by atoms with Crippen molar-refractivity contribution in [2.24, 2.45) is 0 Å². The number of anilines is 1. The van der Waals surface area contributed by atoms with Crippen LogP contribution in [-0.4, -0.2) is 55.4 Å². The first kappa shape index (κ1) is 17.7. The van der Waals surface area contributed by atoms with Gasteiger partial charge in [-0.05, 0) is 25.0 Å². The van der Waals surface area contributed by atoms with Crippen molar-refractivity contribution in [3.8, 4) is 0 Å². The molecule has 2 amide bonds. The van der Waals surface area contributed by atoms with Crippen LogP contribution in [0, 0.1) is 10.1 Å². The monoisotopic (exact) mass is 334 g/mol. The molecule has 1 heterocycles. The van der Waals surface area contributed by atoms with Crippen LogP contribution in [0.4, 0.5) is 11.4 Å². The highest BCUT2D eigenvalue weighted by Gasteiger charge is 2.20. The summed E-state index contributed by atoms with van der Waals surface area (Å²) in [7, 11) is 3.42. The maximum absolute atomic E-state index is 12.1. The maximum Gasteiger partial charge on any atom is 0.293 e. The van der Waals surface area contributed by atoms with Crippen LogP contribution in [0.25, 0.3) is 0 Å². The lowest BCUT2D eigenvalue weighted by molar-refractivity contribution is -0.384. The van der Waals surface area contributed by atoms with Gasteiger partial charge in [-0.1, -0.05) is 0 Å². The van der Waals surface area contributed by atoms with Crippen molar-refractivity contribution >= 4 is 23.2 Å². The Morgan fingerprint density at radius 1 is 1.42 bits per heavy atom. The number of amides is 2. The van der Waals surface area contributed by atoms with Crippen molar-refractivity contribution in [3.63, 3.8) is 0 Å². The van der Waals surface area contributed by atoms with Crippen LogP contribution in [0.1, 0.15) is 29.6 Å². The molecule has 24 heavy (non-hydrogen) atoms. The van der Waals surface area contributed by atoms with Crippen LogP contribution in [-0.2, 0) is 4.79 Å². The first-order valence-corrected chi connectivity index (χ1v) is 7.92. The van der Waals surface area contributed by atoms with Gasteiger partial charge in [0.25, 0.3) is 11.6 Å². The molecule has 1 aromatic carbocycles. The van der Waals surface area contributed by atoms with Crippen molar-refractivity contribution in [1.82, 2.24) is 10.2 Å². The van der Waals surface area contributed by atoms with E-state index in [-0.39, 0.29) is 23.1 Å². The minimum atomic E-state index is -0.495. The lowest BCUT2D eigenvalue weighted by Gasteiger charge is -2.15. The van der Waals surface area contributed by atoms with Gasteiger partial charge in [0.15, 0.2) is 0 Å². The quantitative estimate of drug-likeness (QED) is 0.462. The molecule has 1 N–H and O–H groups in total. The number of rotatable bonds is 7. The highest BCUT2D eigenvalue weighted by Crippen LogP contribution is 2.27. The maximum atomic E-state index is 12.1. The van der Waals surface area contributed by atoms with E-state index in [4.69, 9.17) is 0 Å². The van der Waals surface area contributed by atoms with Gasteiger partial charge in [-0.2, -0.15) is 0 Å². The molecule has 1 fully saturated rings. The van der Waals surface area contributed by atoms with Gasteiger partial charge in [0.1, 0.15) is 5.69 Å². The van der Waals surface area contributed by atoms with Crippen molar-refractivity contribution in [2.45, 2.75) is 19.3 Å². The Morgan fingerprint density at radius 3 is 2.75 bits per heavy atom. The van der Waals surface area contributed by atoms with Gasteiger partial charge in [0.2, 0.25) is 5.91 Å². The van der Waals surface area contributed by atoms with Crippen LogP contribution in [0.5, 0.6) is 0 Å². The zero-order chi connectivity index (χ0) is 17.7. The second-order valence-corrected chi connectivity index (χ2v) is 5.95. The fourth-order valence-corrected chi connectivity index (χ4v) is 2.70. The summed E-state index contributed by atoms with van der Waals surface area (Å²) in [6, 6.07) is 4.42. The Morgan fingerprint density at radius 2 is 2.17 bits per heavy atom. The Labute approximate surface area is 140 Å². The minimum Gasteiger partial charge on any atom is -0.372 e. The molecule has 0 radical (unpaired) electrons. The third kappa shape index (κ3) is 4.21. The summed E-state index contributed by atoms with van der Waals surface area (Å²) in [6.07, 6.45) is 2.16. The summed E-state index contributed by atoms with van der Waals surface area (Å²) < 4.78 is 0. The second kappa shape index (κ2) is 7.76. The van der Waals surface area contributed by atoms with Gasteiger partial charge in [-0.15, -0.1) is 0 Å². The van der Waals surface area contributed by atoms with E-state index < -0.39 is 4.92 Å². The molecule has 2 rings (SSSR count). The van der Waals surface area contributed by atoms with Crippen LogP contribution < -0.4 is 10.2 Å². The van der Waals surface area contributed by atoms with Crippen LogP contribution in [0.3, 0.4) is 0 Å². The number of hydrogen-bond donors (Lipinski definition) is 1. The van der Waals surface area contributed by atoms with E-state index in [0.29, 0.717) is 31.6 Å². The number of hydrogen-bond acceptors (Lipinski definition) is 5. The van der Waals surface area contributed by atoms with E-state index in [0.717, 1.165) is 13.0 Å². The summed E-state index contributed by atoms with van der Waals surface area (Å²) >= 11 is 0. The van der Waals surface area contributed by atoms with Crippen molar-refractivity contribution in [3.05, 3.63) is 33.9 Å². The predicted molar refractivity (Wildman–Crippen MR) is 90.2 cm³/mol. The average Bonchev–Trinajstić information content (AvgIpc) is 2.95. The molecule has 1 aliphatic rings. The number of likely N-dealkylation sites (tertiary alicyclic amines) is 1. The molecule has 130 valence electrons. The number of carbonyl (C=O) groups excluding carboxylic acids is 2. The van der Waals surface area contributed by atoms with E-state index in [2.05, 4.69) is 5.32 Å². The topological polar surface area (TPSA) is 95.8 Å². The van der Waals surface area contributed by atoms with Crippen LogP contribution in [0.15, 0.2) is 18.2 Å². The SMILES string of the molecule is CN(C)c1ccc(C(=O)NCCCN2CCCC2=O)cc1[N+](=O)[O-]. The number of nitro groups is 1. The molecule has 0 unspecified atom stereocenters. The van der Waals surface area contributed by atoms with Crippen LogP contribution >= 0.6 is 0 Å². The van der Waals surface area contributed by atoms with Crippen LogP contribution in [0.2, 0.25) is 0 Å². The number of nitrogens with zero attached hydrogens (tertiary/aromatic N) is 3. The minimum absolute atomic E-state index is 0.102. The lowest BCUT2D eigenvalue weighted by atomic mass is 10.1. The number of benzene rings is 1. The summed E-state index contributed by atoms with van der Waals surface area (Å²) in [6.45, 7) is 1.83. The fraction of sp³-hybridized carbons (Fsp3) is 0.500. The van der Waals surface area contributed by atoms with Gasteiger partial charge >= 0.3 is 0 Å². The zero-order valence-electron chi connectivity index (χ0n) is 13.9. The average molecular weight is 334 g/mol. The van der Waals surface area contributed by atoms with E-state index in [1.54, 1.807) is 36.0 Å². The zero-order valence-corrected chi connectivity index (χ0v) is 13.9.